The van der Waals surface area contributed by atoms with E-state index in [-0.39, 0.29) is 18.6 Å². The normalized spacial score (nSPS) is 28.8. The third-order valence-corrected chi connectivity index (χ3v) is 4.24. The number of rotatable bonds is 2. The van der Waals surface area contributed by atoms with Crippen molar-refractivity contribution in [1.29, 1.82) is 0 Å². The molecule has 0 bridgehead atoms. The zero-order valence-electron chi connectivity index (χ0n) is 9.41. The van der Waals surface area contributed by atoms with Crippen molar-refractivity contribution in [3.8, 4) is 0 Å². The van der Waals surface area contributed by atoms with Crippen molar-refractivity contribution in [2.75, 3.05) is 31.3 Å². The summed E-state index contributed by atoms with van der Waals surface area (Å²) in [5, 5.41) is 18.0. The van der Waals surface area contributed by atoms with Gasteiger partial charge in [-0.1, -0.05) is 0 Å². The number of thioether (sulfide) groups is 1. The molecule has 2 unspecified atom stereocenters. The Labute approximate surface area is 104 Å². The predicted octanol–water partition coefficient (Wildman–Crippen LogP) is -0.120. The monoisotopic (exact) mass is 260 g/mol. The van der Waals surface area contributed by atoms with Gasteiger partial charge in [-0.05, 0) is 6.42 Å². The molecule has 96 valence electrons. The second-order valence-corrected chi connectivity index (χ2v) is 5.39. The van der Waals surface area contributed by atoms with Crippen molar-refractivity contribution >= 4 is 23.8 Å². The van der Waals surface area contributed by atoms with Crippen LogP contribution in [0.4, 0.5) is 4.79 Å². The minimum atomic E-state index is -0.943. The second-order valence-electron chi connectivity index (χ2n) is 4.39. The number of urea groups is 1. The smallest absolute Gasteiger partial charge is 0.327 e. The highest BCUT2D eigenvalue weighted by atomic mass is 32.2. The summed E-state index contributed by atoms with van der Waals surface area (Å²) >= 11 is 1.46. The first-order valence-electron chi connectivity index (χ1n) is 5.60. The summed E-state index contributed by atoms with van der Waals surface area (Å²) in [4.78, 5) is 26.2. The van der Waals surface area contributed by atoms with Gasteiger partial charge < -0.3 is 20.0 Å². The van der Waals surface area contributed by atoms with Crippen LogP contribution in [-0.2, 0) is 4.79 Å². The molecule has 2 heterocycles. The fraction of sp³-hybridized carbons (Fsp3) is 0.800. The Bertz CT molecular complexity index is 325. The van der Waals surface area contributed by atoms with E-state index in [1.807, 2.05) is 0 Å². The molecule has 0 radical (unpaired) electrons. The van der Waals surface area contributed by atoms with Crippen molar-refractivity contribution in [3.63, 3.8) is 0 Å². The summed E-state index contributed by atoms with van der Waals surface area (Å²) in [5.41, 5.74) is 0. The SMILES string of the molecule is O=C(O)C1CSCN1C(=O)N1CCC(CO)C1. The molecule has 0 spiro atoms. The predicted molar refractivity (Wildman–Crippen MR) is 62.7 cm³/mol. The summed E-state index contributed by atoms with van der Waals surface area (Å²) < 4.78 is 0. The quantitative estimate of drug-likeness (QED) is 0.723. The number of carbonyl (C=O) groups excluding carboxylic acids is 1. The summed E-state index contributed by atoms with van der Waals surface area (Å²) in [5.74, 6) is 0.0905. The van der Waals surface area contributed by atoms with Gasteiger partial charge in [0, 0.05) is 31.4 Å². The maximum atomic E-state index is 12.1. The summed E-state index contributed by atoms with van der Waals surface area (Å²) in [6.45, 7) is 1.22. The molecule has 0 saturated carbocycles. The van der Waals surface area contributed by atoms with Gasteiger partial charge in [0.25, 0.3) is 0 Å². The molecule has 17 heavy (non-hydrogen) atoms. The van der Waals surface area contributed by atoms with Gasteiger partial charge in [-0.3, -0.25) is 0 Å². The zero-order valence-corrected chi connectivity index (χ0v) is 10.2. The number of hydrogen-bond acceptors (Lipinski definition) is 4. The number of nitrogens with zero attached hydrogens (tertiary/aromatic N) is 2. The molecule has 0 aromatic carbocycles. The van der Waals surface area contributed by atoms with Crippen LogP contribution in [0.25, 0.3) is 0 Å². The van der Waals surface area contributed by atoms with E-state index in [2.05, 4.69) is 0 Å². The van der Waals surface area contributed by atoms with Crippen molar-refractivity contribution in [1.82, 2.24) is 9.80 Å². The fourth-order valence-electron chi connectivity index (χ4n) is 2.17. The van der Waals surface area contributed by atoms with E-state index in [1.165, 1.54) is 16.7 Å². The average Bonchev–Trinajstić information content (AvgIpc) is 2.97. The first kappa shape index (κ1) is 12.5. The van der Waals surface area contributed by atoms with Crippen LogP contribution in [0.2, 0.25) is 0 Å². The summed E-state index contributed by atoms with van der Waals surface area (Å²) in [6.07, 6.45) is 0.793. The number of carbonyl (C=O) groups is 2. The number of aliphatic hydroxyl groups excluding tert-OH is 1. The van der Waals surface area contributed by atoms with Crippen LogP contribution in [0.1, 0.15) is 6.42 Å². The lowest BCUT2D eigenvalue weighted by Gasteiger charge is -2.26. The third kappa shape index (κ3) is 2.50. The van der Waals surface area contributed by atoms with Gasteiger partial charge in [0.1, 0.15) is 6.04 Å². The highest BCUT2D eigenvalue weighted by Gasteiger charge is 2.38. The molecular weight excluding hydrogens is 244 g/mol. The van der Waals surface area contributed by atoms with E-state index >= 15 is 0 Å². The standard InChI is InChI=1S/C10H16N2O4S/c13-4-7-1-2-11(3-7)10(16)12-6-17-5-8(12)9(14)15/h7-8,13H,1-6H2,(H,14,15). The molecule has 2 fully saturated rings. The van der Waals surface area contributed by atoms with Crippen LogP contribution in [0.15, 0.2) is 0 Å². The molecule has 2 saturated heterocycles. The number of aliphatic hydroxyl groups is 1. The molecule has 6 nitrogen and oxygen atoms in total. The largest absolute Gasteiger partial charge is 0.480 e. The van der Waals surface area contributed by atoms with E-state index in [1.54, 1.807) is 4.90 Å². The third-order valence-electron chi connectivity index (χ3n) is 3.23. The highest BCUT2D eigenvalue weighted by molar-refractivity contribution is 7.99. The molecule has 2 N–H and O–H groups in total. The molecule has 0 aromatic rings. The molecular formula is C10H16N2O4S. The Balaban J connectivity index is 1.98. The van der Waals surface area contributed by atoms with Gasteiger partial charge in [0.15, 0.2) is 0 Å². The minimum absolute atomic E-state index is 0.0842. The van der Waals surface area contributed by atoms with Gasteiger partial charge in [0.2, 0.25) is 0 Å². The van der Waals surface area contributed by atoms with E-state index < -0.39 is 12.0 Å². The van der Waals surface area contributed by atoms with Gasteiger partial charge in [0.05, 0.1) is 5.88 Å². The number of aliphatic carboxylic acids is 1. The van der Waals surface area contributed by atoms with Crippen molar-refractivity contribution in [2.24, 2.45) is 5.92 Å². The van der Waals surface area contributed by atoms with Gasteiger partial charge in [-0.15, -0.1) is 11.8 Å². The number of carboxylic acid groups (broad SMARTS) is 1. The van der Waals surface area contributed by atoms with Crippen molar-refractivity contribution < 1.29 is 19.8 Å². The Morgan fingerprint density at radius 1 is 1.41 bits per heavy atom. The van der Waals surface area contributed by atoms with Crippen LogP contribution in [-0.4, -0.2) is 69.4 Å². The lowest BCUT2D eigenvalue weighted by atomic mass is 10.1. The van der Waals surface area contributed by atoms with E-state index in [9.17, 15) is 9.59 Å². The van der Waals surface area contributed by atoms with Gasteiger partial charge in [-0.25, -0.2) is 9.59 Å². The Morgan fingerprint density at radius 2 is 2.18 bits per heavy atom. The lowest BCUT2D eigenvalue weighted by Crippen LogP contribution is -2.48. The van der Waals surface area contributed by atoms with E-state index in [4.69, 9.17) is 10.2 Å². The number of carboxylic acids is 1. The molecule has 2 atom stereocenters. The molecule has 7 heteroatoms. The molecule has 2 aliphatic rings. The van der Waals surface area contributed by atoms with E-state index in [0.717, 1.165) is 6.42 Å². The van der Waals surface area contributed by atoms with Crippen molar-refractivity contribution in [3.05, 3.63) is 0 Å². The first-order valence-corrected chi connectivity index (χ1v) is 6.76. The molecule has 0 aromatic heterocycles. The minimum Gasteiger partial charge on any atom is -0.480 e. The number of hydrogen-bond donors (Lipinski definition) is 2. The van der Waals surface area contributed by atoms with Crippen LogP contribution < -0.4 is 0 Å². The van der Waals surface area contributed by atoms with E-state index in [0.29, 0.717) is 24.7 Å². The molecule has 2 aliphatic heterocycles. The summed E-state index contributed by atoms with van der Waals surface area (Å²) in [6, 6.07) is -0.918. The Kier molecular flexibility index (Phi) is 3.78. The van der Waals surface area contributed by atoms with Crippen LogP contribution >= 0.6 is 11.8 Å². The number of likely N-dealkylation sites (tertiary alicyclic amines) is 1. The fourth-order valence-corrected chi connectivity index (χ4v) is 3.31. The topological polar surface area (TPSA) is 81.1 Å². The Morgan fingerprint density at radius 3 is 2.76 bits per heavy atom. The lowest BCUT2D eigenvalue weighted by molar-refractivity contribution is -0.140. The zero-order chi connectivity index (χ0) is 12.4. The Hall–Kier alpha value is -0.950. The maximum Gasteiger partial charge on any atom is 0.327 e. The number of amides is 2. The van der Waals surface area contributed by atoms with Crippen LogP contribution in [0.5, 0.6) is 0 Å². The molecule has 0 aliphatic carbocycles. The summed E-state index contributed by atoms with van der Waals surface area (Å²) in [7, 11) is 0. The average molecular weight is 260 g/mol. The molecule has 2 rings (SSSR count). The highest BCUT2D eigenvalue weighted by Crippen LogP contribution is 2.25. The van der Waals surface area contributed by atoms with Crippen molar-refractivity contribution in [2.45, 2.75) is 12.5 Å². The maximum absolute atomic E-state index is 12.1. The van der Waals surface area contributed by atoms with Gasteiger partial charge >= 0.3 is 12.0 Å². The molecule has 2 amide bonds. The van der Waals surface area contributed by atoms with Gasteiger partial charge in [-0.2, -0.15) is 0 Å². The van der Waals surface area contributed by atoms with Crippen LogP contribution in [0, 0.1) is 5.92 Å². The van der Waals surface area contributed by atoms with Crippen LogP contribution in [0.3, 0.4) is 0 Å². The first-order chi connectivity index (χ1) is 8.13. The second kappa shape index (κ2) is 5.14.